The number of nitrogens with zero attached hydrogens (tertiary/aromatic N) is 3. The molecule has 5 N–H and O–H groups in total. The summed E-state index contributed by atoms with van der Waals surface area (Å²) in [4.78, 5) is 8.44. The number of nitrogen functional groups attached to an aromatic ring is 1. The van der Waals surface area contributed by atoms with Gasteiger partial charge in [-0.15, -0.1) is 6.42 Å². The Morgan fingerprint density at radius 3 is 2.62 bits per heavy atom. The van der Waals surface area contributed by atoms with Crippen LogP contribution in [0.3, 0.4) is 0 Å². The average molecular weight is 345 g/mol. The lowest BCUT2D eigenvalue weighted by molar-refractivity contribution is 0.966. The van der Waals surface area contributed by atoms with Gasteiger partial charge in [0.05, 0.1) is 0 Å². The number of rotatable bonds is 6. The van der Waals surface area contributed by atoms with Gasteiger partial charge >= 0.3 is 0 Å². The van der Waals surface area contributed by atoms with Crippen molar-refractivity contribution >= 4 is 23.4 Å². The summed E-state index contributed by atoms with van der Waals surface area (Å²) in [6.45, 7) is 0.606. The second-order valence-electron chi connectivity index (χ2n) is 6.30. The highest BCUT2D eigenvalue weighted by atomic mass is 15.2. The molecule has 1 saturated carbocycles. The zero-order valence-electron chi connectivity index (χ0n) is 14.2. The van der Waals surface area contributed by atoms with E-state index in [0.717, 1.165) is 22.6 Å². The minimum Gasteiger partial charge on any atom is -0.368 e. The maximum Gasteiger partial charge on any atom is 0.223 e. The largest absolute Gasteiger partial charge is 0.368 e. The molecule has 7 heteroatoms. The Hall–Kier alpha value is -3.53. The Labute approximate surface area is 151 Å². The van der Waals surface area contributed by atoms with E-state index in [0.29, 0.717) is 24.1 Å². The standard InChI is InChI=1S/C19H19N7/c1-2-12-3-5-13(6-4-12)11-21-16-10-17(24-19(20)23-16)22-18-9-15(25-26-18)14-7-8-14/h1,3-6,9-10,14H,7-8,11H2,(H5,20,21,22,23,24,25,26). The van der Waals surface area contributed by atoms with Crippen LogP contribution in [0.15, 0.2) is 36.4 Å². The topological polar surface area (TPSA) is 105 Å². The molecule has 4 rings (SSSR count). The number of anilines is 4. The molecule has 0 unspecified atom stereocenters. The molecule has 0 saturated heterocycles. The van der Waals surface area contributed by atoms with Crippen molar-refractivity contribution in [1.82, 2.24) is 20.2 Å². The molecule has 1 fully saturated rings. The first-order chi connectivity index (χ1) is 12.7. The van der Waals surface area contributed by atoms with Gasteiger partial charge in [0.25, 0.3) is 0 Å². The van der Waals surface area contributed by atoms with Gasteiger partial charge in [0.1, 0.15) is 11.6 Å². The van der Waals surface area contributed by atoms with Gasteiger partial charge in [-0.05, 0) is 30.5 Å². The van der Waals surface area contributed by atoms with Crippen molar-refractivity contribution in [3.63, 3.8) is 0 Å². The number of nitrogens with two attached hydrogens (primary N) is 1. The van der Waals surface area contributed by atoms with E-state index in [1.165, 1.54) is 12.8 Å². The van der Waals surface area contributed by atoms with Gasteiger partial charge in [-0.3, -0.25) is 5.10 Å². The third kappa shape index (κ3) is 3.75. The second kappa shape index (κ2) is 6.76. The van der Waals surface area contributed by atoms with Gasteiger partial charge in [-0.1, -0.05) is 18.1 Å². The number of hydrogen-bond acceptors (Lipinski definition) is 6. The molecule has 1 aliphatic carbocycles. The number of aromatic nitrogens is 4. The fourth-order valence-electron chi connectivity index (χ4n) is 2.67. The van der Waals surface area contributed by atoms with Gasteiger partial charge < -0.3 is 16.4 Å². The Kier molecular flexibility index (Phi) is 4.15. The van der Waals surface area contributed by atoms with Crippen molar-refractivity contribution in [3.05, 3.63) is 53.2 Å². The number of hydrogen-bond donors (Lipinski definition) is 4. The zero-order valence-corrected chi connectivity index (χ0v) is 14.2. The number of terminal acetylenes is 1. The molecule has 0 amide bonds. The Morgan fingerprint density at radius 2 is 1.88 bits per heavy atom. The molecule has 1 aromatic carbocycles. The van der Waals surface area contributed by atoms with Crippen molar-refractivity contribution in [1.29, 1.82) is 0 Å². The number of nitrogens with one attached hydrogen (secondary N) is 3. The minimum atomic E-state index is 0.193. The van der Waals surface area contributed by atoms with Gasteiger partial charge in [-0.2, -0.15) is 15.1 Å². The van der Waals surface area contributed by atoms with Crippen LogP contribution in [0, 0.1) is 12.3 Å². The van der Waals surface area contributed by atoms with Crippen LogP contribution in [0.2, 0.25) is 0 Å². The molecule has 0 aliphatic heterocycles. The predicted octanol–water partition coefficient (Wildman–Crippen LogP) is 3.00. The fourth-order valence-corrected chi connectivity index (χ4v) is 2.67. The number of aromatic amines is 1. The fraction of sp³-hybridized carbons (Fsp3) is 0.211. The van der Waals surface area contributed by atoms with Crippen LogP contribution in [-0.2, 0) is 6.54 Å². The van der Waals surface area contributed by atoms with Crippen molar-refractivity contribution in [2.75, 3.05) is 16.4 Å². The van der Waals surface area contributed by atoms with Gasteiger partial charge in [0.15, 0.2) is 5.82 Å². The molecule has 130 valence electrons. The van der Waals surface area contributed by atoms with Crippen LogP contribution in [-0.4, -0.2) is 20.2 Å². The first kappa shape index (κ1) is 16.0. The summed E-state index contributed by atoms with van der Waals surface area (Å²) >= 11 is 0. The molecule has 0 radical (unpaired) electrons. The molecule has 7 nitrogen and oxygen atoms in total. The third-order valence-corrected chi connectivity index (χ3v) is 4.21. The summed E-state index contributed by atoms with van der Waals surface area (Å²) in [7, 11) is 0. The summed E-state index contributed by atoms with van der Waals surface area (Å²) in [5, 5.41) is 13.7. The summed E-state index contributed by atoms with van der Waals surface area (Å²) in [6, 6.07) is 11.6. The highest BCUT2D eigenvalue weighted by Crippen LogP contribution is 2.39. The van der Waals surface area contributed by atoms with Crippen LogP contribution in [0.4, 0.5) is 23.4 Å². The third-order valence-electron chi connectivity index (χ3n) is 4.21. The maximum atomic E-state index is 5.83. The molecule has 1 aliphatic rings. The van der Waals surface area contributed by atoms with Crippen molar-refractivity contribution in [3.8, 4) is 12.3 Å². The molecule has 2 heterocycles. The number of benzene rings is 1. The highest BCUT2D eigenvalue weighted by Gasteiger charge is 2.25. The summed E-state index contributed by atoms with van der Waals surface area (Å²) in [5.74, 6) is 5.37. The van der Waals surface area contributed by atoms with Crippen molar-refractivity contribution in [2.45, 2.75) is 25.3 Å². The van der Waals surface area contributed by atoms with E-state index in [1.807, 2.05) is 30.3 Å². The van der Waals surface area contributed by atoms with Crippen molar-refractivity contribution < 1.29 is 0 Å². The van der Waals surface area contributed by atoms with E-state index < -0.39 is 0 Å². The predicted molar refractivity (Wildman–Crippen MR) is 102 cm³/mol. The van der Waals surface area contributed by atoms with E-state index in [4.69, 9.17) is 12.2 Å². The van der Waals surface area contributed by atoms with Gasteiger partial charge in [-0.25, -0.2) is 0 Å². The Balaban J connectivity index is 1.43. The average Bonchev–Trinajstić information content (AvgIpc) is 3.40. The Morgan fingerprint density at radius 1 is 1.12 bits per heavy atom. The van der Waals surface area contributed by atoms with Crippen molar-refractivity contribution in [2.24, 2.45) is 0 Å². The molecule has 0 spiro atoms. The molecule has 2 aromatic heterocycles. The second-order valence-corrected chi connectivity index (χ2v) is 6.30. The lowest BCUT2D eigenvalue weighted by Gasteiger charge is -2.09. The van der Waals surface area contributed by atoms with Crippen LogP contribution >= 0.6 is 0 Å². The first-order valence-corrected chi connectivity index (χ1v) is 8.46. The van der Waals surface area contributed by atoms with Crippen LogP contribution < -0.4 is 16.4 Å². The lowest BCUT2D eigenvalue weighted by atomic mass is 10.1. The normalized spacial score (nSPS) is 13.2. The molecule has 26 heavy (non-hydrogen) atoms. The van der Waals surface area contributed by atoms with E-state index in [-0.39, 0.29) is 5.95 Å². The number of H-pyrrole nitrogens is 1. The molecule has 0 bridgehead atoms. The summed E-state index contributed by atoms with van der Waals surface area (Å²) in [6.07, 6.45) is 7.81. The summed E-state index contributed by atoms with van der Waals surface area (Å²) in [5.41, 5.74) is 8.94. The maximum absolute atomic E-state index is 5.83. The smallest absolute Gasteiger partial charge is 0.223 e. The van der Waals surface area contributed by atoms with Gasteiger partial charge in [0, 0.05) is 35.9 Å². The zero-order chi connectivity index (χ0) is 17.9. The van der Waals surface area contributed by atoms with E-state index in [2.05, 4.69) is 36.7 Å². The van der Waals surface area contributed by atoms with Crippen LogP contribution in [0.25, 0.3) is 0 Å². The first-order valence-electron chi connectivity index (χ1n) is 8.46. The molecule has 0 atom stereocenters. The minimum absolute atomic E-state index is 0.193. The molecule has 3 aromatic rings. The SMILES string of the molecule is C#Cc1ccc(CNc2cc(Nc3cc(C4CC4)[nH]n3)nc(N)n2)cc1. The Bertz CT molecular complexity index is 949. The molecular formula is C19H19N7. The quantitative estimate of drug-likeness (QED) is 0.512. The van der Waals surface area contributed by atoms with E-state index in [9.17, 15) is 0 Å². The van der Waals surface area contributed by atoms with E-state index >= 15 is 0 Å². The highest BCUT2D eigenvalue weighted by molar-refractivity contribution is 5.58. The lowest BCUT2D eigenvalue weighted by Crippen LogP contribution is -2.06. The molecular weight excluding hydrogens is 326 g/mol. The summed E-state index contributed by atoms with van der Waals surface area (Å²) < 4.78 is 0. The van der Waals surface area contributed by atoms with Gasteiger partial charge in [0.2, 0.25) is 5.95 Å². The van der Waals surface area contributed by atoms with E-state index in [1.54, 1.807) is 6.07 Å². The van der Waals surface area contributed by atoms with Crippen LogP contribution in [0.5, 0.6) is 0 Å². The van der Waals surface area contributed by atoms with Crippen LogP contribution in [0.1, 0.15) is 35.6 Å². The monoisotopic (exact) mass is 345 g/mol.